The average Bonchev–Trinajstić information content (AvgIpc) is 2.86. The molecular formula is C29H45NO11. The highest BCUT2D eigenvalue weighted by molar-refractivity contribution is 5.75. The molecule has 0 bridgehead atoms. The molecular weight excluding hydrogens is 538 g/mol. The summed E-state index contributed by atoms with van der Waals surface area (Å²) in [6.45, 7) is 15.6. The fraction of sp³-hybridized carbons (Fsp3) is 0.655. The first kappa shape index (κ1) is 35.5. The average molecular weight is 584 g/mol. The quantitative estimate of drug-likeness (QED) is 0.142. The van der Waals surface area contributed by atoms with Crippen LogP contribution >= 0.6 is 0 Å². The van der Waals surface area contributed by atoms with E-state index in [1.165, 1.54) is 18.2 Å². The third kappa shape index (κ3) is 12.2. The van der Waals surface area contributed by atoms with Crippen molar-refractivity contribution >= 4 is 24.4 Å². The maximum absolute atomic E-state index is 12.6. The van der Waals surface area contributed by atoms with Gasteiger partial charge in [0.05, 0.1) is 0 Å². The van der Waals surface area contributed by atoms with Gasteiger partial charge in [0.1, 0.15) is 29.5 Å². The van der Waals surface area contributed by atoms with Crippen molar-refractivity contribution in [3.05, 3.63) is 23.8 Å². The highest BCUT2D eigenvalue weighted by Gasteiger charge is 2.31. The summed E-state index contributed by atoms with van der Waals surface area (Å²) in [5.74, 6) is -2.61. The Morgan fingerprint density at radius 1 is 0.805 bits per heavy atom. The molecule has 3 unspecified atom stereocenters. The molecule has 12 nitrogen and oxygen atoms in total. The normalized spacial score (nSPS) is 14.6. The number of carboxylic acids is 1. The first-order valence-corrected chi connectivity index (χ1v) is 13.7. The lowest BCUT2D eigenvalue weighted by molar-refractivity contribution is -0.139. The summed E-state index contributed by atoms with van der Waals surface area (Å²) in [7, 11) is 0. The van der Waals surface area contributed by atoms with Crippen molar-refractivity contribution in [2.75, 3.05) is 0 Å². The highest BCUT2D eigenvalue weighted by Crippen LogP contribution is 2.35. The molecule has 1 rings (SSSR count). The SMILES string of the molecule is CCC(C)OC(=O)OC(C)CC(c1ccc(OC(=O)OC(C)(C)CC)c(OC(=O)OC(C)(C)CC)c1)[C@H](N)C(=O)O. The van der Waals surface area contributed by atoms with Crippen LogP contribution in [0.25, 0.3) is 0 Å². The van der Waals surface area contributed by atoms with E-state index >= 15 is 0 Å². The van der Waals surface area contributed by atoms with Gasteiger partial charge < -0.3 is 39.3 Å². The van der Waals surface area contributed by atoms with Crippen LogP contribution < -0.4 is 15.2 Å². The molecule has 0 aliphatic heterocycles. The summed E-state index contributed by atoms with van der Waals surface area (Å²) < 4.78 is 31.9. The van der Waals surface area contributed by atoms with E-state index < -0.39 is 53.7 Å². The number of hydrogen-bond acceptors (Lipinski definition) is 11. The number of nitrogens with two attached hydrogens (primary N) is 1. The molecule has 0 aromatic heterocycles. The maximum atomic E-state index is 12.6. The summed E-state index contributed by atoms with van der Waals surface area (Å²) in [5, 5.41) is 9.69. The fourth-order valence-corrected chi connectivity index (χ4v) is 3.24. The van der Waals surface area contributed by atoms with Gasteiger partial charge in [-0.2, -0.15) is 0 Å². The van der Waals surface area contributed by atoms with Crippen molar-refractivity contribution in [3.8, 4) is 11.5 Å². The molecule has 41 heavy (non-hydrogen) atoms. The minimum Gasteiger partial charge on any atom is -0.480 e. The van der Waals surface area contributed by atoms with E-state index in [4.69, 9.17) is 34.2 Å². The van der Waals surface area contributed by atoms with E-state index in [1.807, 2.05) is 20.8 Å². The Hall–Kier alpha value is -3.54. The number of carboxylic acid groups (broad SMARTS) is 1. The molecule has 0 radical (unpaired) electrons. The van der Waals surface area contributed by atoms with E-state index in [1.54, 1.807) is 41.5 Å². The van der Waals surface area contributed by atoms with Gasteiger partial charge in [-0.05, 0) is 84.9 Å². The van der Waals surface area contributed by atoms with Gasteiger partial charge in [0.15, 0.2) is 11.5 Å². The second-order valence-electron chi connectivity index (χ2n) is 11.1. The Morgan fingerprint density at radius 3 is 1.76 bits per heavy atom. The Labute approximate surface area is 241 Å². The van der Waals surface area contributed by atoms with E-state index in [0.29, 0.717) is 24.8 Å². The molecule has 0 aliphatic rings. The molecule has 12 heteroatoms. The second-order valence-corrected chi connectivity index (χ2v) is 11.1. The Kier molecular flexibility index (Phi) is 13.4. The van der Waals surface area contributed by atoms with Crippen LogP contribution in [0.1, 0.15) is 99.5 Å². The molecule has 232 valence electrons. The van der Waals surface area contributed by atoms with Gasteiger partial charge >= 0.3 is 24.4 Å². The largest absolute Gasteiger partial charge is 0.514 e. The van der Waals surface area contributed by atoms with Crippen LogP contribution in [0.4, 0.5) is 14.4 Å². The monoisotopic (exact) mass is 583 g/mol. The molecule has 0 fully saturated rings. The van der Waals surface area contributed by atoms with E-state index in [2.05, 4.69) is 0 Å². The zero-order valence-electron chi connectivity index (χ0n) is 25.5. The number of benzene rings is 1. The van der Waals surface area contributed by atoms with Crippen LogP contribution in [0.3, 0.4) is 0 Å². The zero-order chi connectivity index (χ0) is 31.5. The van der Waals surface area contributed by atoms with E-state index in [0.717, 1.165) is 0 Å². The summed E-state index contributed by atoms with van der Waals surface area (Å²) in [5.41, 5.74) is 4.68. The lowest BCUT2D eigenvalue weighted by Crippen LogP contribution is -2.38. The van der Waals surface area contributed by atoms with Crippen LogP contribution in [-0.2, 0) is 23.7 Å². The third-order valence-electron chi connectivity index (χ3n) is 6.68. The molecule has 3 N–H and O–H groups in total. The van der Waals surface area contributed by atoms with Crippen LogP contribution in [0.15, 0.2) is 18.2 Å². The van der Waals surface area contributed by atoms with Gasteiger partial charge in [0.25, 0.3) is 0 Å². The molecule has 0 amide bonds. The minimum absolute atomic E-state index is 0.0112. The Morgan fingerprint density at radius 2 is 1.29 bits per heavy atom. The van der Waals surface area contributed by atoms with E-state index in [9.17, 15) is 24.3 Å². The van der Waals surface area contributed by atoms with E-state index in [-0.39, 0.29) is 24.0 Å². The van der Waals surface area contributed by atoms with Crippen LogP contribution in [0.2, 0.25) is 0 Å². The smallest absolute Gasteiger partial charge is 0.480 e. The van der Waals surface area contributed by atoms with Crippen molar-refractivity contribution < 1.29 is 52.7 Å². The maximum Gasteiger partial charge on any atom is 0.514 e. The first-order valence-electron chi connectivity index (χ1n) is 13.7. The van der Waals surface area contributed by atoms with Crippen LogP contribution in [-0.4, -0.2) is 59.0 Å². The van der Waals surface area contributed by atoms with Gasteiger partial charge in [0.2, 0.25) is 0 Å². The standard InChI is InChI=1S/C29H45NO11/c1-10-17(4)36-25(33)37-18(5)15-20(23(30)24(31)32)19-13-14-21(38-26(34)40-28(6,7)11-2)22(16-19)39-27(35)41-29(8,9)12-3/h13-14,16-18,20,23H,10-12,15,30H2,1-9H3,(H,31,32)/t17?,18?,20?,23-/m0/s1. The number of aliphatic carboxylic acids is 1. The summed E-state index contributed by atoms with van der Waals surface area (Å²) in [4.78, 5) is 49.1. The van der Waals surface area contributed by atoms with Gasteiger partial charge in [-0.1, -0.05) is 26.8 Å². The lowest BCUT2D eigenvalue weighted by Gasteiger charge is -2.26. The number of carbonyl (C=O) groups is 4. The molecule has 0 heterocycles. The molecule has 0 spiro atoms. The van der Waals surface area contributed by atoms with Crippen LogP contribution in [0, 0.1) is 0 Å². The van der Waals surface area contributed by atoms with Gasteiger partial charge in [-0.3, -0.25) is 4.79 Å². The van der Waals surface area contributed by atoms with Crippen molar-refractivity contribution in [1.82, 2.24) is 0 Å². The predicted molar refractivity (Wildman–Crippen MR) is 149 cm³/mol. The predicted octanol–water partition coefficient (Wildman–Crippen LogP) is 6.32. The molecule has 0 aliphatic carbocycles. The number of hydrogen-bond donors (Lipinski definition) is 2. The van der Waals surface area contributed by atoms with Gasteiger partial charge in [-0.15, -0.1) is 0 Å². The summed E-state index contributed by atoms with van der Waals surface area (Å²) in [6, 6.07) is 2.70. The molecule has 0 saturated carbocycles. The first-order chi connectivity index (χ1) is 18.9. The Bertz CT molecular complexity index is 1050. The number of carbonyl (C=O) groups excluding carboxylic acids is 3. The summed E-state index contributed by atoms with van der Waals surface area (Å²) >= 11 is 0. The van der Waals surface area contributed by atoms with Gasteiger partial charge in [-0.25, -0.2) is 14.4 Å². The van der Waals surface area contributed by atoms with Crippen LogP contribution in [0.5, 0.6) is 11.5 Å². The zero-order valence-corrected chi connectivity index (χ0v) is 25.5. The highest BCUT2D eigenvalue weighted by atomic mass is 16.8. The molecule has 1 aromatic rings. The van der Waals surface area contributed by atoms with Gasteiger partial charge in [0, 0.05) is 5.92 Å². The van der Waals surface area contributed by atoms with Crippen molar-refractivity contribution in [3.63, 3.8) is 0 Å². The molecule has 4 atom stereocenters. The topological polar surface area (TPSA) is 170 Å². The van der Waals surface area contributed by atoms with Crippen molar-refractivity contribution in [2.45, 2.75) is 123 Å². The molecule has 0 saturated heterocycles. The van der Waals surface area contributed by atoms with Crippen molar-refractivity contribution in [2.24, 2.45) is 5.73 Å². The third-order valence-corrected chi connectivity index (χ3v) is 6.68. The second kappa shape index (κ2) is 15.5. The lowest BCUT2D eigenvalue weighted by atomic mass is 9.87. The minimum atomic E-state index is -1.42. The fourth-order valence-electron chi connectivity index (χ4n) is 3.24. The molecule has 1 aromatic carbocycles. The Balaban J connectivity index is 3.40. The number of ether oxygens (including phenoxy) is 6. The summed E-state index contributed by atoms with van der Waals surface area (Å²) in [6.07, 6.45) is -2.54. The number of rotatable bonds is 14. The van der Waals surface area contributed by atoms with Crippen molar-refractivity contribution in [1.29, 1.82) is 0 Å².